The molecule has 0 fully saturated rings. The lowest BCUT2D eigenvalue weighted by atomic mass is 10.2. The van der Waals surface area contributed by atoms with Crippen LogP contribution in [-0.4, -0.2) is 11.8 Å². The minimum Gasteiger partial charge on any atom is -0.269 e. The fourth-order valence-corrected chi connectivity index (χ4v) is 1.75. The molecule has 15 heavy (non-hydrogen) atoms. The fourth-order valence-electron chi connectivity index (χ4n) is 1.38. The molecule has 0 bridgehead atoms. The van der Waals surface area contributed by atoms with Gasteiger partial charge < -0.3 is 0 Å². The van der Waals surface area contributed by atoms with Crippen molar-refractivity contribution in [3.05, 3.63) is 40.4 Å². The first-order chi connectivity index (χ1) is 7.09. The number of benzene rings is 1. The van der Waals surface area contributed by atoms with Crippen LogP contribution >= 0.6 is 15.9 Å². The number of nitrogens with zero attached hydrogens (tertiary/aromatic N) is 1. The number of aryl methyl sites for hydroxylation is 1. The molecule has 76 valence electrons. The summed E-state index contributed by atoms with van der Waals surface area (Å²) in [6.45, 7) is 1.95. The van der Waals surface area contributed by atoms with Crippen LogP contribution in [0.1, 0.15) is 5.56 Å². The van der Waals surface area contributed by atoms with Crippen LogP contribution in [0.3, 0.4) is 0 Å². The van der Waals surface area contributed by atoms with Gasteiger partial charge in [-0.05, 0) is 35.0 Å². The normalized spacial score (nSPS) is 15.9. The molecule has 2 amide bonds. The Morgan fingerprint density at radius 2 is 1.73 bits per heavy atom. The van der Waals surface area contributed by atoms with E-state index in [-0.39, 0.29) is 11.8 Å². The summed E-state index contributed by atoms with van der Waals surface area (Å²) in [5, 5.41) is 0. The topological polar surface area (TPSA) is 37.4 Å². The first-order valence-electron chi connectivity index (χ1n) is 4.42. The first-order valence-corrected chi connectivity index (χ1v) is 5.21. The summed E-state index contributed by atoms with van der Waals surface area (Å²) in [6, 6.07) is 7.24. The van der Waals surface area contributed by atoms with Gasteiger partial charge in [-0.15, -0.1) is 0 Å². The van der Waals surface area contributed by atoms with Crippen LogP contribution in [-0.2, 0) is 9.59 Å². The molecule has 1 aliphatic rings. The molecule has 0 aliphatic carbocycles. The minimum absolute atomic E-state index is 0.299. The molecule has 0 radical (unpaired) electrons. The molecule has 4 heteroatoms. The molecule has 1 aromatic rings. The molecule has 1 heterocycles. The average Bonchev–Trinajstić information content (AvgIpc) is 2.44. The van der Waals surface area contributed by atoms with Gasteiger partial charge >= 0.3 is 0 Å². The molecule has 3 nitrogen and oxygen atoms in total. The number of carbonyl (C=O) groups is 2. The molecule has 0 unspecified atom stereocenters. The summed E-state index contributed by atoms with van der Waals surface area (Å²) >= 11 is 3.05. The smallest absolute Gasteiger partial charge is 0.269 e. The number of imide groups is 1. The van der Waals surface area contributed by atoms with Gasteiger partial charge in [-0.3, -0.25) is 9.59 Å². The molecular weight excluding hydrogens is 258 g/mol. The quantitative estimate of drug-likeness (QED) is 0.730. The lowest BCUT2D eigenvalue weighted by Crippen LogP contribution is -2.30. The van der Waals surface area contributed by atoms with E-state index in [9.17, 15) is 9.59 Å². The second kappa shape index (κ2) is 3.62. The van der Waals surface area contributed by atoms with Gasteiger partial charge in [0.05, 0.1) is 10.2 Å². The molecule has 1 aromatic carbocycles. The summed E-state index contributed by atoms with van der Waals surface area (Å²) < 4.78 is 0.299. The van der Waals surface area contributed by atoms with E-state index >= 15 is 0 Å². The molecule has 2 rings (SSSR count). The lowest BCUT2D eigenvalue weighted by molar-refractivity contribution is -0.120. The van der Waals surface area contributed by atoms with E-state index in [0.717, 1.165) is 10.5 Å². The Kier molecular flexibility index (Phi) is 2.44. The number of halogens is 1. The Hall–Kier alpha value is -1.42. The molecular formula is C11H8BrNO2. The predicted molar refractivity (Wildman–Crippen MR) is 60.7 cm³/mol. The Balaban J connectivity index is 2.38. The Labute approximate surface area is 95.5 Å². The Morgan fingerprint density at radius 1 is 1.13 bits per heavy atom. The van der Waals surface area contributed by atoms with Gasteiger partial charge in [0.1, 0.15) is 0 Å². The SMILES string of the molecule is Cc1ccc(N2C(=O)C=C(Br)C2=O)cc1. The highest BCUT2D eigenvalue weighted by molar-refractivity contribution is 9.12. The van der Waals surface area contributed by atoms with E-state index < -0.39 is 0 Å². The second-order valence-electron chi connectivity index (χ2n) is 3.31. The number of anilines is 1. The third-order valence-corrected chi connectivity index (χ3v) is 2.74. The maximum absolute atomic E-state index is 11.6. The van der Waals surface area contributed by atoms with Crippen molar-refractivity contribution in [2.75, 3.05) is 4.90 Å². The molecule has 0 spiro atoms. The summed E-state index contributed by atoms with van der Waals surface area (Å²) in [5.41, 5.74) is 1.69. The first kappa shape index (κ1) is 10.1. The highest BCUT2D eigenvalue weighted by Crippen LogP contribution is 2.25. The van der Waals surface area contributed by atoms with Crippen molar-refractivity contribution >= 4 is 33.4 Å². The van der Waals surface area contributed by atoms with Crippen molar-refractivity contribution in [1.29, 1.82) is 0 Å². The largest absolute Gasteiger partial charge is 0.272 e. The van der Waals surface area contributed by atoms with E-state index in [0.29, 0.717) is 10.2 Å². The van der Waals surface area contributed by atoms with Crippen LogP contribution < -0.4 is 4.90 Å². The number of carbonyl (C=O) groups excluding carboxylic acids is 2. The highest BCUT2D eigenvalue weighted by atomic mass is 79.9. The van der Waals surface area contributed by atoms with Crippen molar-refractivity contribution in [2.45, 2.75) is 6.92 Å². The molecule has 0 N–H and O–H groups in total. The zero-order chi connectivity index (χ0) is 11.0. The third kappa shape index (κ3) is 1.72. The number of hydrogen-bond donors (Lipinski definition) is 0. The fraction of sp³-hybridized carbons (Fsp3) is 0.0909. The summed E-state index contributed by atoms with van der Waals surface area (Å²) in [6.07, 6.45) is 1.28. The van der Waals surface area contributed by atoms with Gasteiger partial charge in [-0.25, -0.2) is 4.90 Å². The van der Waals surface area contributed by atoms with Crippen molar-refractivity contribution < 1.29 is 9.59 Å². The van der Waals surface area contributed by atoms with Crippen LogP contribution in [0.25, 0.3) is 0 Å². The maximum atomic E-state index is 11.6. The van der Waals surface area contributed by atoms with Crippen molar-refractivity contribution in [3.63, 3.8) is 0 Å². The Bertz CT molecular complexity index is 462. The van der Waals surface area contributed by atoms with Crippen LogP contribution in [0.4, 0.5) is 5.69 Å². The third-order valence-electron chi connectivity index (χ3n) is 2.17. The van der Waals surface area contributed by atoms with E-state index in [1.807, 2.05) is 19.1 Å². The van der Waals surface area contributed by atoms with Gasteiger partial charge in [-0.2, -0.15) is 0 Å². The molecule has 0 aromatic heterocycles. The molecule has 0 saturated heterocycles. The Morgan fingerprint density at radius 3 is 2.20 bits per heavy atom. The summed E-state index contributed by atoms with van der Waals surface area (Å²) in [7, 11) is 0. The molecule has 1 aliphatic heterocycles. The van der Waals surface area contributed by atoms with E-state index in [1.165, 1.54) is 6.08 Å². The van der Waals surface area contributed by atoms with Crippen LogP contribution in [0.5, 0.6) is 0 Å². The van der Waals surface area contributed by atoms with Gasteiger partial charge in [0.15, 0.2) is 0 Å². The van der Waals surface area contributed by atoms with Gasteiger partial charge in [0.2, 0.25) is 0 Å². The van der Waals surface area contributed by atoms with Crippen LogP contribution in [0.2, 0.25) is 0 Å². The number of rotatable bonds is 1. The minimum atomic E-state index is -0.316. The number of amides is 2. The summed E-state index contributed by atoms with van der Waals surface area (Å²) in [5.74, 6) is -0.625. The van der Waals surface area contributed by atoms with Gasteiger partial charge in [0, 0.05) is 6.08 Å². The highest BCUT2D eigenvalue weighted by Gasteiger charge is 2.30. The zero-order valence-electron chi connectivity index (χ0n) is 8.03. The van der Waals surface area contributed by atoms with E-state index in [1.54, 1.807) is 12.1 Å². The lowest BCUT2D eigenvalue weighted by Gasteiger charge is -2.13. The standard InChI is InChI=1S/C11H8BrNO2/c1-7-2-4-8(5-3-7)13-10(14)6-9(12)11(13)15/h2-6H,1H3. The maximum Gasteiger partial charge on any atom is 0.272 e. The molecule has 0 atom stereocenters. The monoisotopic (exact) mass is 265 g/mol. The second-order valence-corrected chi connectivity index (χ2v) is 4.16. The van der Waals surface area contributed by atoms with Crippen molar-refractivity contribution in [2.24, 2.45) is 0 Å². The van der Waals surface area contributed by atoms with Crippen molar-refractivity contribution in [3.8, 4) is 0 Å². The van der Waals surface area contributed by atoms with Gasteiger partial charge in [-0.1, -0.05) is 17.7 Å². The van der Waals surface area contributed by atoms with E-state index in [2.05, 4.69) is 15.9 Å². The van der Waals surface area contributed by atoms with Crippen LogP contribution in [0, 0.1) is 6.92 Å². The predicted octanol–water partition coefficient (Wildman–Crippen LogP) is 2.15. The zero-order valence-corrected chi connectivity index (χ0v) is 9.61. The summed E-state index contributed by atoms with van der Waals surface area (Å²) in [4.78, 5) is 24.2. The van der Waals surface area contributed by atoms with Crippen LogP contribution in [0.15, 0.2) is 34.8 Å². The van der Waals surface area contributed by atoms with E-state index in [4.69, 9.17) is 0 Å². The van der Waals surface area contributed by atoms with Gasteiger partial charge in [0.25, 0.3) is 11.8 Å². The molecule has 0 saturated carbocycles. The van der Waals surface area contributed by atoms with Crippen molar-refractivity contribution in [1.82, 2.24) is 0 Å². The average molecular weight is 266 g/mol. The number of hydrogen-bond acceptors (Lipinski definition) is 2.